The molecule has 1 rings (SSSR count). The number of hydrogen-bond acceptors (Lipinski definition) is 3. The fourth-order valence-corrected chi connectivity index (χ4v) is 3.37. The van der Waals surface area contributed by atoms with Gasteiger partial charge in [-0.25, -0.2) is 0 Å². The third kappa shape index (κ3) is 12.6. The molecule has 0 saturated heterocycles. The summed E-state index contributed by atoms with van der Waals surface area (Å²) in [5.74, 6) is 0.978. The lowest BCUT2D eigenvalue weighted by Gasteiger charge is -2.19. The van der Waals surface area contributed by atoms with Crippen molar-refractivity contribution in [1.82, 2.24) is 0 Å². The number of esters is 1. The maximum atomic E-state index is 11.0. The first-order valence-corrected chi connectivity index (χ1v) is 10.9. The quantitative estimate of drug-likeness (QED) is 0.200. The summed E-state index contributed by atoms with van der Waals surface area (Å²) in [6.07, 6.45) is 25.4. The van der Waals surface area contributed by atoms with Crippen molar-refractivity contribution in [3.63, 3.8) is 0 Å². The zero-order valence-electron chi connectivity index (χ0n) is 17.4. The highest BCUT2D eigenvalue weighted by molar-refractivity contribution is 5.69. The van der Waals surface area contributed by atoms with Gasteiger partial charge in [-0.05, 0) is 69.6 Å². The summed E-state index contributed by atoms with van der Waals surface area (Å²) >= 11 is 0. The molecular weight excluding hydrogens is 336 g/mol. The first kappa shape index (κ1) is 23.7. The van der Waals surface area contributed by atoms with E-state index >= 15 is 0 Å². The smallest absolute Gasteiger partial charge is 0.305 e. The van der Waals surface area contributed by atoms with Crippen molar-refractivity contribution in [1.29, 1.82) is 0 Å². The highest BCUT2D eigenvalue weighted by Gasteiger charge is 2.34. The molecule has 27 heavy (non-hydrogen) atoms. The molecule has 1 aliphatic carbocycles. The van der Waals surface area contributed by atoms with Crippen LogP contribution in [0.2, 0.25) is 0 Å². The third-order valence-electron chi connectivity index (χ3n) is 5.23. The Morgan fingerprint density at radius 3 is 2.44 bits per heavy atom. The van der Waals surface area contributed by atoms with Gasteiger partial charge >= 0.3 is 5.97 Å². The van der Waals surface area contributed by atoms with Crippen LogP contribution in [0.5, 0.6) is 0 Å². The van der Waals surface area contributed by atoms with E-state index in [1.54, 1.807) is 0 Å². The Morgan fingerprint density at radius 1 is 1.04 bits per heavy atom. The van der Waals surface area contributed by atoms with Crippen molar-refractivity contribution >= 4 is 5.97 Å². The zero-order valence-corrected chi connectivity index (χ0v) is 17.4. The van der Waals surface area contributed by atoms with Crippen molar-refractivity contribution < 1.29 is 14.6 Å². The highest BCUT2D eigenvalue weighted by Crippen LogP contribution is 2.41. The fraction of sp³-hybridized carbons (Fsp3) is 0.708. The summed E-state index contributed by atoms with van der Waals surface area (Å²) in [5.41, 5.74) is 0. The normalized spacial score (nSPS) is 17.1. The minimum Gasteiger partial charge on any atom is -0.469 e. The summed E-state index contributed by atoms with van der Waals surface area (Å²) in [6.45, 7) is 2.24. The van der Waals surface area contributed by atoms with E-state index in [0.29, 0.717) is 18.3 Å². The molecule has 154 valence electrons. The van der Waals surface area contributed by atoms with E-state index in [0.717, 1.165) is 32.1 Å². The molecule has 0 radical (unpaired) electrons. The van der Waals surface area contributed by atoms with Crippen molar-refractivity contribution in [2.24, 2.45) is 11.8 Å². The lowest BCUT2D eigenvalue weighted by atomic mass is 9.91. The molecule has 0 aliphatic heterocycles. The maximum Gasteiger partial charge on any atom is 0.305 e. The van der Waals surface area contributed by atoms with Gasteiger partial charge in [0.15, 0.2) is 0 Å². The van der Waals surface area contributed by atoms with E-state index in [2.05, 4.69) is 42.0 Å². The molecule has 1 saturated carbocycles. The molecule has 0 unspecified atom stereocenters. The molecular formula is C24H40O3. The van der Waals surface area contributed by atoms with Crippen LogP contribution in [0, 0.1) is 11.8 Å². The van der Waals surface area contributed by atoms with Crippen LogP contribution in [-0.4, -0.2) is 24.3 Å². The molecule has 0 amide bonds. The van der Waals surface area contributed by atoms with Crippen LogP contribution >= 0.6 is 0 Å². The van der Waals surface area contributed by atoms with Gasteiger partial charge in [0.1, 0.15) is 0 Å². The number of ether oxygens (including phenoxy) is 1. The molecule has 1 N–H and O–H groups in total. The second kappa shape index (κ2) is 15.7. The molecule has 1 aliphatic rings. The predicted molar refractivity (Wildman–Crippen MR) is 114 cm³/mol. The minimum atomic E-state index is -0.321. The fourth-order valence-electron chi connectivity index (χ4n) is 3.37. The van der Waals surface area contributed by atoms with Gasteiger partial charge in [-0.15, -0.1) is 0 Å². The molecule has 0 aromatic rings. The van der Waals surface area contributed by atoms with Crippen LogP contribution < -0.4 is 0 Å². The number of carbonyl (C=O) groups is 1. The first-order valence-electron chi connectivity index (χ1n) is 10.9. The number of allylic oxidation sites excluding steroid dienone is 5. The Bertz CT molecular complexity index is 460. The van der Waals surface area contributed by atoms with Gasteiger partial charge in [-0.3, -0.25) is 4.79 Å². The van der Waals surface area contributed by atoms with Gasteiger partial charge in [0.25, 0.3) is 0 Å². The average Bonchev–Trinajstić information content (AvgIpc) is 3.50. The number of aliphatic hydroxyl groups is 1. The van der Waals surface area contributed by atoms with Crippen LogP contribution in [-0.2, 0) is 9.53 Å². The summed E-state index contributed by atoms with van der Waals surface area (Å²) in [7, 11) is 1.42. The summed E-state index contributed by atoms with van der Waals surface area (Å²) in [6, 6.07) is 0. The van der Waals surface area contributed by atoms with E-state index in [-0.39, 0.29) is 12.1 Å². The number of unbranched alkanes of at least 4 members (excludes halogenated alkanes) is 4. The van der Waals surface area contributed by atoms with E-state index in [9.17, 15) is 9.90 Å². The number of hydrogen-bond donors (Lipinski definition) is 1. The monoisotopic (exact) mass is 376 g/mol. The zero-order chi connectivity index (χ0) is 19.7. The molecule has 0 heterocycles. The lowest BCUT2D eigenvalue weighted by Crippen LogP contribution is -2.20. The standard InChI is InChI=1S/C24H40O3/c1-3-4-5-6-7-10-13-16-22(21-19-20-21)23(25)17-14-11-8-9-12-15-18-24(26)27-2/h7-10,14,17,21-23,25H,3-6,11-13,15-16,18-20H2,1-2H3/t22-,23+/m1/s1. The van der Waals surface area contributed by atoms with Gasteiger partial charge in [0.2, 0.25) is 0 Å². The minimum absolute atomic E-state index is 0.145. The topological polar surface area (TPSA) is 46.5 Å². The molecule has 0 aromatic heterocycles. The maximum absolute atomic E-state index is 11.0. The Morgan fingerprint density at radius 2 is 1.74 bits per heavy atom. The lowest BCUT2D eigenvalue weighted by molar-refractivity contribution is -0.140. The highest BCUT2D eigenvalue weighted by atomic mass is 16.5. The van der Waals surface area contributed by atoms with Crippen LogP contribution in [0.25, 0.3) is 0 Å². The molecule has 2 atom stereocenters. The second-order valence-electron chi connectivity index (χ2n) is 7.64. The van der Waals surface area contributed by atoms with Crippen LogP contribution in [0.1, 0.15) is 84.0 Å². The van der Waals surface area contributed by atoms with Gasteiger partial charge in [0.05, 0.1) is 13.2 Å². The number of methoxy groups -OCH3 is 1. The number of aliphatic hydroxyl groups excluding tert-OH is 1. The van der Waals surface area contributed by atoms with Crippen LogP contribution in [0.3, 0.4) is 0 Å². The van der Waals surface area contributed by atoms with Gasteiger partial charge < -0.3 is 9.84 Å². The van der Waals surface area contributed by atoms with Gasteiger partial charge in [-0.1, -0.05) is 56.2 Å². The van der Waals surface area contributed by atoms with E-state index in [4.69, 9.17) is 0 Å². The van der Waals surface area contributed by atoms with Crippen LogP contribution in [0.15, 0.2) is 36.5 Å². The SMILES string of the molecule is CCCCCC=CCC[C@H](C1CC1)[C@@H](O)C=CCC=CCCCC(=O)OC. The summed E-state index contributed by atoms with van der Waals surface area (Å²) in [5, 5.41) is 10.5. The van der Waals surface area contributed by atoms with E-state index in [1.807, 2.05) is 6.08 Å². The van der Waals surface area contributed by atoms with Crippen LogP contribution in [0.4, 0.5) is 0 Å². The third-order valence-corrected chi connectivity index (χ3v) is 5.23. The Kier molecular flexibility index (Phi) is 13.8. The molecule has 3 heteroatoms. The number of carbonyl (C=O) groups excluding carboxylic acids is 1. The van der Waals surface area contributed by atoms with Crippen molar-refractivity contribution in [3.05, 3.63) is 36.5 Å². The first-order chi connectivity index (χ1) is 13.2. The van der Waals surface area contributed by atoms with Gasteiger partial charge in [-0.2, -0.15) is 0 Å². The Hall–Kier alpha value is -1.35. The largest absolute Gasteiger partial charge is 0.469 e. The Balaban J connectivity index is 2.19. The van der Waals surface area contributed by atoms with Crippen molar-refractivity contribution in [3.8, 4) is 0 Å². The summed E-state index contributed by atoms with van der Waals surface area (Å²) in [4.78, 5) is 11.0. The Labute approximate surface area is 166 Å². The predicted octanol–water partition coefficient (Wildman–Crippen LogP) is 6.14. The van der Waals surface area contributed by atoms with Crippen molar-refractivity contribution in [2.45, 2.75) is 90.1 Å². The average molecular weight is 377 g/mol. The molecule has 3 nitrogen and oxygen atoms in total. The molecule has 0 aromatic carbocycles. The molecule has 1 fully saturated rings. The molecule has 0 spiro atoms. The van der Waals surface area contributed by atoms with E-state index < -0.39 is 0 Å². The van der Waals surface area contributed by atoms with Gasteiger partial charge in [0, 0.05) is 6.42 Å². The van der Waals surface area contributed by atoms with Crippen molar-refractivity contribution in [2.75, 3.05) is 7.11 Å². The second-order valence-corrected chi connectivity index (χ2v) is 7.64. The molecule has 0 bridgehead atoms. The number of rotatable bonds is 16. The van der Waals surface area contributed by atoms with E-state index in [1.165, 1.54) is 45.6 Å². The summed E-state index contributed by atoms with van der Waals surface area (Å²) < 4.78 is 4.62.